The Kier molecular flexibility index (Phi) is 2.97. The molecule has 1 unspecified atom stereocenters. The Bertz CT molecular complexity index is 799. The van der Waals surface area contributed by atoms with Gasteiger partial charge in [0.1, 0.15) is 0 Å². The van der Waals surface area contributed by atoms with Crippen LogP contribution in [-0.4, -0.2) is 5.66 Å². The van der Waals surface area contributed by atoms with Crippen LogP contribution in [0.2, 0.25) is 0 Å². The molecule has 0 aromatic heterocycles. The third-order valence-corrected chi connectivity index (χ3v) is 11.7. The minimum atomic E-state index is -1.88. The molecule has 1 heteroatoms. The molecule has 3 aromatic rings. The Morgan fingerprint density at radius 3 is 1.74 bits per heavy atom. The number of benzene rings is 3. The first-order chi connectivity index (χ1) is 11.4. The van der Waals surface area contributed by atoms with Gasteiger partial charge in [-0.25, -0.2) is 0 Å². The third-order valence-electron chi connectivity index (χ3n) is 6.07. The number of fused-ring (bicyclic) bond motifs is 3. The maximum atomic E-state index is 2.43. The molecule has 1 saturated carbocycles. The molecule has 5 rings (SSSR count). The van der Waals surface area contributed by atoms with E-state index in [0.717, 1.165) is 11.6 Å². The van der Waals surface area contributed by atoms with Crippen LogP contribution in [0.4, 0.5) is 0 Å². The Balaban J connectivity index is 1.87. The zero-order valence-corrected chi connectivity index (χ0v) is 14.2. The molecule has 0 saturated heterocycles. The zero-order valence-electron chi connectivity index (χ0n) is 13.2. The van der Waals surface area contributed by atoms with Gasteiger partial charge in [-0.3, -0.25) is 0 Å². The summed E-state index contributed by atoms with van der Waals surface area (Å²) in [4.78, 5) is 0. The van der Waals surface area contributed by atoms with Gasteiger partial charge in [0.2, 0.25) is 0 Å². The van der Waals surface area contributed by atoms with E-state index in [-0.39, 0.29) is 0 Å². The van der Waals surface area contributed by atoms with E-state index in [1.807, 2.05) is 0 Å². The van der Waals surface area contributed by atoms with E-state index in [0.29, 0.717) is 0 Å². The van der Waals surface area contributed by atoms with Gasteiger partial charge in [-0.1, -0.05) is 0 Å². The predicted molar refractivity (Wildman–Crippen MR) is 102 cm³/mol. The van der Waals surface area contributed by atoms with Crippen LogP contribution in [0.5, 0.6) is 0 Å². The van der Waals surface area contributed by atoms with Gasteiger partial charge in [-0.2, -0.15) is 0 Å². The third kappa shape index (κ3) is 1.71. The van der Waals surface area contributed by atoms with Gasteiger partial charge in [-0.15, -0.1) is 0 Å². The van der Waals surface area contributed by atoms with Gasteiger partial charge in [0, 0.05) is 0 Å². The van der Waals surface area contributed by atoms with Gasteiger partial charge < -0.3 is 0 Å². The molecule has 3 aromatic carbocycles. The van der Waals surface area contributed by atoms with Crippen LogP contribution in [0.15, 0.2) is 84.9 Å². The molecule has 0 spiro atoms. The van der Waals surface area contributed by atoms with Crippen LogP contribution in [0.3, 0.4) is 0 Å². The molecular formula is C22H21P. The quantitative estimate of drug-likeness (QED) is 0.628. The van der Waals surface area contributed by atoms with Crippen LogP contribution < -0.4 is 15.9 Å². The Hall–Kier alpha value is -1.91. The topological polar surface area (TPSA) is 0 Å². The summed E-state index contributed by atoms with van der Waals surface area (Å²) in [5.74, 6) is 0.790. The van der Waals surface area contributed by atoms with Gasteiger partial charge in [-0.05, 0) is 0 Å². The first kappa shape index (κ1) is 13.5. The Labute approximate surface area is 138 Å². The fraction of sp³-hybridized carbons (Fsp3) is 0.182. The summed E-state index contributed by atoms with van der Waals surface area (Å²) in [7, 11) is -1.88. The van der Waals surface area contributed by atoms with Gasteiger partial charge in [0.05, 0.1) is 0 Å². The van der Waals surface area contributed by atoms with Crippen molar-refractivity contribution in [2.75, 3.05) is 0 Å². The fourth-order valence-corrected chi connectivity index (χ4v) is 11.4. The maximum absolute atomic E-state index is 2.43. The van der Waals surface area contributed by atoms with E-state index < -0.39 is 7.26 Å². The monoisotopic (exact) mass is 316 g/mol. The standard InChI is InChI=1S/C22H21P/c1-3-9-17(10-4-1)23(18-11-5-2-6-12-18)21-14-8-7-13-19(21)20-15-16-22(20)23/h1-14,20,22-23H,15-16H2/t20?,22-/m0/s1. The van der Waals surface area contributed by atoms with Gasteiger partial charge >= 0.3 is 138 Å². The first-order valence-corrected chi connectivity index (χ1v) is 10.7. The molecule has 114 valence electrons. The normalized spacial score (nSPS) is 25.0. The summed E-state index contributed by atoms with van der Waals surface area (Å²) in [5.41, 5.74) is 2.48. The van der Waals surface area contributed by atoms with E-state index in [2.05, 4.69) is 84.9 Å². The van der Waals surface area contributed by atoms with Crippen molar-refractivity contribution in [1.82, 2.24) is 0 Å². The summed E-state index contributed by atoms with van der Waals surface area (Å²) >= 11 is 0. The second-order valence-corrected chi connectivity index (χ2v) is 11.0. The van der Waals surface area contributed by atoms with Crippen molar-refractivity contribution in [3.63, 3.8) is 0 Å². The number of hydrogen-bond donors (Lipinski definition) is 0. The van der Waals surface area contributed by atoms with E-state index in [4.69, 9.17) is 0 Å². The van der Waals surface area contributed by atoms with Gasteiger partial charge in [0.25, 0.3) is 0 Å². The van der Waals surface area contributed by atoms with Crippen LogP contribution in [0, 0.1) is 0 Å². The van der Waals surface area contributed by atoms with E-state index >= 15 is 0 Å². The molecule has 0 amide bonds. The SMILES string of the molecule is c1ccc([PH]2(c3ccccc3)c3ccccc3C3CC[C@@H]32)cc1. The molecule has 1 aliphatic heterocycles. The molecule has 2 atom stereocenters. The Morgan fingerprint density at radius 1 is 0.609 bits per heavy atom. The Morgan fingerprint density at radius 2 is 1.17 bits per heavy atom. The molecule has 2 aliphatic rings. The van der Waals surface area contributed by atoms with Crippen LogP contribution in [0.1, 0.15) is 24.3 Å². The van der Waals surface area contributed by atoms with E-state index in [9.17, 15) is 0 Å². The average Bonchev–Trinajstić information content (AvgIpc) is 2.80. The van der Waals surface area contributed by atoms with Crippen molar-refractivity contribution >= 4 is 23.2 Å². The fourth-order valence-electron chi connectivity index (χ4n) is 5.08. The second-order valence-electron chi connectivity index (χ2n) is 6.92. The molecule has 23 heavy (non-hydrogen) atoms. The molecule has 1 aliphatic carbocycles. The van der Waals surface area contributed by atoms with Crippen LogP contribution in [-0.2, 0) is 0 Å². The van der Waals surface area contributed by atoms with Crippen molar-refractivity contribution in [1.29, 1.82) is 0 Å². The van der Waals surface area contributed by atoms with Crippen LogP contribution >= 0.6 is 7.26 Å². The van der Waals surface area contributed by atoms with Crippen molar-refractivity contribution in [2.45, 2.75) is 24.4 Å². The zero-order chi connectivity index (χ0) is 15.3. The van der Waals surface area contributed by atoms with Crippen molar-refractivity contribution < 1.29 is 0 Å². The van der Waals surface area contributed by atoms with Gasteiger partial charge in [0.15, 0.2) is 0 Å². The number of rotatable bonds is 2. The summed E-state index contributed by atoms with van der Waals surface area (Å²) < 4.78 is 0. The second kappa shape index (κ2) is 5.05. The molecule has 1 fully saturated rings. The summed E-state index contributed by atoms with van der Waals surface area (Å²) in [5, 5.41) is 4.85. The predicted octanol–water partition coefficient (Wildman–Crippen LogP) is 3.97. The molecule has 1 heterocycles. The molecular weight excluding hydrogens is 295 g/mol. The van der Waals surface area contributed by atoms with E-state index in [1.54, 1.807) is 21.5 Å². The summed E-state index contributed by atoms with van der Waals surface area (Å²) in [6, 6.07) is 32.0. The molecule has 0 nitrogen and oxygen atoms in total. The van der Waals surface area contributed by atoms with Crippen molar-refractivity contribution in [3.05, 3.63) is 90.5 Å². The van der Waals surface area contributed by atoms with Crippen LogP contribution in [0.25, 0.3) is 0 Å². The summed E-state index contributed by atoms with van der Waals surface area (Å²) in [6.45, 7) is 0. The minimum absolute atomic E-state index is 0.790. The average molecular weight is 316 g/mol. The van der Waals surface area contributed by atoms with E-state index in [1.165, 1.54) is 12.8 Å². The van der Waals surface area contributed by atoms with Crippen molar-refractivity contribution in [3.8, 4) is 0 Å². The van der Waals surface area contributed by atoms with Crippen molar-refractivity contribution in [2.24, 2.45) is 0 Å². The molecule has 0 N–H and O–H groups in total. The summed E-state index contributed by atoms with van der Waals surface area (Å²) in [6.07, 6.45) is 2.76. The molecule has 0 bridgehead atoms. The number of hydrogen-bond acceptors (Lipinski definition) is 0. The first-order valence-electron chi connectivity index (χ1n) is 8.63. The molecule has 0 radical (unpaired) electrons.